The molecule has 2 aromatic rings. The normalized spacial score (nSPS) is 10.3. The van der Waals surface area contributed by atoms with Crippen LogP contribution >= 0.6 is 11.6 Å². The molecule has 0 aliphatic carbocycles. The summed E-state index contributed by atoms with van der Waals surface area (Å²) in [4.78, 5) is 38.2. The first-order valence-corrected chi connectivity index (χ1v) is 9.31. The minimum atomic E-state index is -0.279. The van der Waals surface area contributed by atoms with Crippen molar-refractivity contribution in [1.82, 2.24) is 4.90 Å². The molecule has 27 heavy (non-hydrogen) atoms. The van der Waals surface area contributed by atoms with Crippen LogP contribution in [0.4, 0.5) is 5.69 Å². The SMILES string of the molecule is CCN(CC)C(=O)c1ccc(NC(=O)CCC(=O)c2ccccc2)cc1Cl. The zero-order valence-electron chi connectivity index (χ0n) is 15.5. The minimum Gasteiger partial charge on any atom is -0.339 e. The van der Waals surface area contributed by atoms with Crippen LogP contribution in [0.5, 0.6) is 0 Å². The Bertz CT molecular complexity index is 817. The van der Waals surface area contributed by atoms with Crippen LogP contribution in [0.25, 0.3) is 0 Å². The lowest BCUT2D eigenvalue weighted by Gasteiger charge is -2.19. The average molecular weight is 387 g/mol. The van der Waals surface area contributed by atoms with Crippen molar-refractivity contribution in [3.8, 4) is 0 Å². The van der Waals surface area contributed by atoms with Crippen molar-refractivity contribution in [3.63, 3.8) is 0 Å². The standard InChI is InChI=1S/C21H23ClN2O3/c1-3-24(4-2)21(27)17-11-10-16(14-18(17)22)23-20(26)13-12-19(25)15-8-6-5-7-9-15/h5-11,14H,3-4,12-13H2,1-2H3,(H,23,26). The molecule has 0 aliphatic rings. The largest absolute Gasteiger partial charge is 0.339 e. The van der Waals surface area contributed by atoms with E-state index in [1.54, 1.807) is 47.4 Å². The summed E-state index contributed by atoms with van der Waals surface area (Å²) in [6.07, 6.45) is 0.202. The summed E-state index contributed by atoms with van der Waals surface area (Å²) < 4.78 is 0. The smallest absolute Gasteiger partial charge is 0.255 e. The summed E-state index contributed by atoms with van der Waals surface area (Å²) in [5.74, 6) is -0.501. The van der Waals surface area contributed by atoms with Crippen molar-refractivity contribution in [1.29, 1.82) is 0 Å². The molecule has 0 aliphatic heterocycles. The Morgan fingerprint density at radius 3 is 2.22 bits per heavy atom. The highest BCUT2D eigenvalue weighted by Gasteiger charge is 2.16. The zero-order valence-corrected chi connectivity index (χ0v) is 16.3. The highest BCUT2D eigenvalue weighted by atomic mass is 35.5. The summed E-state index contributed by atoms with van der Waals surface area (Å²) in [6.45, 7) is 5.00. The molecule has 6 heteroatoms. The number of amides is 2. The summed E-state index contributed by atoms with van der Waals surface area (Å²) in [5.41, 5.74) is 1.48. The van der Waals surface area contributed by atoms with E-state index in [9.17, 15) is 14.4 Å². The Morgan fingerprint density at radius 1 is 0.963 bits per heavy atom. The van der Waals surface area contributed by atoms with Gasteiger partial charge in [-0.2, -0.15) is 0 Å². The first kappa shape index (κ1) is 20.6. The van der Waals surface area contributed by atoms with Gasteiger partial charge in [0, 0.05) is 37.2 Å². The van der Waals surface area contributed by atoms with E-state index in [-0.39, 0.29) is 35.5 Å². The quantitative estimate of drug-likeness (QED) is 0.683. The van der Waals surface area contributed by atoms with Gasteiger partial charge in [0.25, 0.3) is 5.91 Å². The van der Waals surface area contributed by atoms with E-state index in [0.717, 1.165) is 0 Å². The highest BCUT2D eigenvalue weighted by Crippen LogP contribution is 2.23. The lowest BCUT2D eigenvalue weighted by atomic mass is 10.1. The second-order valence-electron chi connectivity index (χ2n) is 6.01. The molecule has 0 radical (unpaired) electrons. The lowest BCUT2D eigenvalue weighted by molar-refractivity contribution is -0.116. The van der Waals surface area contributed by atoms with E-state index in [0.29, 0.717) is 29.9 Å². The van der Waals surface area contributed by atoms with Gasteiger partial charge in [-0.25, -0.2) is 0 Å². The molecule has 0 bridgehead atoms. The van der Waals surface area contributed by atoms with Gasteiger partial charge in [0.15, 0.2) is 5.78 Å². The van der Waals surface area contributed by atoms with Crippen molar-refractivity contribution >= 4 is 34.9 Å². The molecule has 0 spiro atoms. The molecule has 0 unspecified atom stereocenters. The van der Waals surface area contributed by atoms with E-state index in [1.807, 2.05) is 19.9 Å². The van der Waals surface area contributed by atoms with E-state index < -0.39 is 0 Å². The summed E-state index contributed by atoms with van der Waals surface area (Å²) >= 11 is 6.22. The molecule has 2 rings (SSSR count). The van der Waals surface area contributed by atoms with Crippen LogP contribution in [0.1, 0.15) is 47.4 Å². The number of hydrogen-bond acceptors (Lipinski definition) is 3. The number of halogens is 1. The van der Waals surface area contributed by atoms with Crippen molar-refractivity contribution in [3.05, 3.63) is 64.7 Å². The Labute approximate surface area is 164 Å². The number of nitrogens with one attached hydrogen (secondary N) is 1. The Morgan fingerprint density at radius 2 is 1.63 bits per heavy atom. The first-order chi connectivity index (χ1) is 13.0. The van der Waals surface area contributed by atoms with Gasteiger partial charge in [-0.05, 0) is 32.0 Å². The van der Waals surface area contributed by atoms with Crippen molar-refractivity contribution < 1.29 is 14.4 Å². The fraction of sp³-hybridized carbons (Fsp3) is 0.286. The van der Waals surface area contributed by atoms with E-state index in [1.165, 1.54) is 0 Å². The molecule has 5 nitrogen and oxygen atoms in total. The highest BCUT2D eigenvalue weighted by molar-refractivity contribution is 6.34. The predicted molar refractivity (Wildman–Crippen MR) is 107 cm³/mol. The van der Waals surface area contributed by atoms with Crippen LogP contribution in [-0.2, 0) is 4.79 Å². The number of hydrogen-bond donors (Lipinski definition) is 1. The Balaban J connectivity index is 1.95. The summed E-state index contributed by atoms with van der Waals surface area (Å²) in [7, 11) is 0. The minimum absolute atomic E-state index is 0.0749. The maximum absolute atomic E-state index is 12.4. The molecular formula is C21H23ClN2O3. The predicted octanol–water partition coefficient (Wildman–Crippen LogP) is 4.42. The van der Waals surface area contributed by atoms with Crippen LogP contribution in [0.2, 0.25) is 5.02 Å². The van der Waals surface area contributed by atoms with Crippen LogP contribution in [0.15, 0.2) is 48.5 Å². The molecular weight excluding hydrogens is 364 g/mol. The number of nitrogens with zero attached hydrogens (tertiary/aromatic N) is 1. The average Bonchev–Trinajstić information content (AvgIpc) is 2.67. The van der Waals surface area contributed by atoms with Gasteiger partial charge in [-0.3, -0.25) is 14.4 Å². The number of anilines is 1. The maximum atomic E-state index is 12.4. The van der Waals surface area contributed by atoms with Gasteiger partial charge in [-0.15, -0.1) is 0 Å². The monoisotopic (exact) mass is 386 g/mol. The third-order valence-electron chi connectivity index (χ3n) is 4.21. The van der Waals surface area contributed by atoms with E-state index in [4.69, 9.17) is 11.6 Å². The number of benzene rings is 2. The molecule has 0 aromatic heterocycles. The zero-order chi connectivity index (χ0) is 19.8. The van der Waals surface area contributed by atoms with Gasteiger partial charge in [0.05, 0.1) is 10.6 Å². The first-order valence-electron chi connectivity index (χ1n) is 8.93. The summed E-state index contributed by atoms with van der Waals surface area (Å²) in [5, 5.41) is 2.99. The van der Waals surface area contributed by atoms with Crippen molar-refractivity contribution in [2.75, 3.05) is 18.4 Å². The van der Waals surface area contributed by atoms with Gasteiger partial charge < -0.3 is 10.2 Å². The fourth-order valence-corrected chi connectivity index (χ4v) is 2.93. The van der Waals surface area contributed by atoms with Crippen LogP contribution in [-0.4, -0.2) is 35.6 Å². The van der Waals surface area contributed by atoms with E-state index in [2.05, 4.69) is 5.32 Å². The second-order valence-corrected chi connectivity index (χ2v) is 6.42. The number of carbonyl (C=O) groups is 3. The molecule has 0 atom stereocenters. The van der Waals surface area contributed by atoms with Crippen LogP contribution in [0.3, 0.4) is 0 Å². The van der Waals surface area contributed by atoms with Gasteiger partial charge >= 0.3 is 0 Å². The molecule has 1 N–H and O–H groups in total. The molecule has 2 aromatic carbocycles. The van der Waals surface area contributed by atoms with Gasteiger partial charge in [-0.1, -0.05) is 41.9 Å². The Hall–Kier alpha value is -2.66. The Kier molecular flexibility index (Phi) is 7.55. The molecule has 0 saturated heterocycles. The van der Waals surface area contributed by atoms with Crippen LogP contribution < -0.4 is 5.32 Å². The van der Waals surface area contributed by atoms with Crippen molar-refractivity contribution in [2.24, 2.45) is 0 Å². The fourth-order valence-electron chi connectivity index (χ4n) is 2.67. The second kappa shape index (κ2) is 9.88. The number of ketones is 1. The topological polar surface area (TPSA) is 66.5 Å². The number of carbonyl (C=O) groups excluding carboxylic acids is 3. The van der Waals surface area contributed by atoms with Gasteiger partial charge in [0.2, 0.25) is 5.91 Å². The third-order valence-corrected chi connectivity index (χ3v) is 4.52. The van der Waals surface area contributed by atoms with Crippen LogP contribution in [0, 0.1) is 0 Å². The summed E-state index contributed by atoms with van der Waals surface area (Å²) in [6, 6.07) is 13.7. The van der Waals surface area contributed by atoms with E-state index >= 15 is 0 Å². The molecule has 0 saturated carbocycles. The number of Topliss-reactive ketones (excluding diaryl/α,β-unsaturated/α-hetero) is 1. The molecule has 0 fully saturated rings. The molecule has 142 valence electrons. The van der Waals surface area contributed by atoms with Crippen molar-refractivity contribution in [2.45, 2.75) is 26.7 Å². The number of rotatable bonds is 8. The third kappa shape index (κ3) is 5.66. The maximum Gasteiger partial charge on any atom is 0.255 e. The van der Waals surface area contributed by atoms with Gasteiger partial charge in [0.1, 0.15) is 0 Å². The molecule has 2 amide bonds. The molecule has 0 heterocycles. The lowest BCUT2D eigenvalue weighted by Crippen LogP contribution is -2.30.